The minimum atomic E-state index is 0.264. The third kappa shape index (κ3) is 2.13. The van der Waals surface area contributed by atoms with Gasteiger partial charge in [0.15, 0.2) is 0 Å². The fourth-order valence-corrected chi connectivity index (χ4v) is 1.32. The molecular formula is C10H14N2O2. The van der Waals surface area contributed by atoms with Crippen molar-refractivity contribution in [2.75, 3.05) is 13.2 Å². The molecule has 2 rings (SSSR count). The maximum absolute atomic E-state index is 5.30. The molecule has 2 unspecified atom stereocenters. The molecule has 0 saturated carbocycles. The number of hydrogen-bond acceptors (Lipinski definition) is 4. The largest absolute Gasteiger partial charge is 0.476 e. The molecule has 2 atom stereocenters. The highest BCUT2D eigenvalue weighted by atomic mass is 16.5. The molecule has 0 amide bonds. The summed E-state index contributed by atoms with van der Waals surface area (Å²) >= 11 is 0. The zero-order valence-electron chi connectivity index (χ0n) is 8.43. The highest BCUT2D eigenvalue weighted by Gasteiger charge is 2.14. The highest BCUT2D eigenvalue weighted by molar-refractivity contribution is 5.97. The van der Waals surface area contributed by atoms with Crippen molar-refractivity contribution in [3.05, 3.63) is 12.2 Å². The van der Waals surface area contributed by atoms with Crippen molar-refractivity contribution in [1.29, 1.82) is 0 Å². The second kappa shape index (κ2) is 3.82. The summed E-state index contributed by atoms with van der Waals surface area (Å²) in [6, 6.07) is 0.528. The summed E-state index contributed by atoms with van der Waals surface area (Å²) in [7, 11) is 0. The smallest absolute Gasteiger partial charge is 0.209 e. The Balaban J connectivity index is 1.94. The molecule has 4 heteroatoms. The van der Waals surface area contributed by atoms with Gasteiger partial charge in [0.2, 0.25) is 11.8 Å². The Morgan fingerprint density at radius 2 is 1.43 bits per heavy atom. The summed E-state index contributed by atoms with van der Waals surface area (Å²) in [4.78, 5) is 8.53. The molecule has 0 spiro atoms. The molecule has 14 heavy (non-hydrogen) atoms. The Morgan fingerprint density at radius 3 is 1.71 bits per heavy atom. The minimum Gasteiger partial charge on any atom is -0.476 e. The lowest BCUT2D eigenvalue weighted by molar-refractivity contribution is 0.323. The third-order valence-electron chi connectivity index (χ3n) is 2.01. The summed E-state index contributed by atoms with van der Waals surface area (Å²) < 4.78 is 10.6. The van der Waals surface area contributed by atoms with Crippen LogP contribution in [0.1, 0.15) is 13.8 Å². The first-order valence-electron chi connectivity index (χ1n) is 4.83. The van der Waals surface area contributed by atoms with Crippen LogP contribution in [0.15, 0.2) is 22.1 Å². The van der Waals surface area contributed by atoms with Crippen molar-refractivity contribution < 1.29 is 9.47 Å². The van der Waals surface area contributed by atoms with Crippen molar-refractivity contribution in [1.82, 2.24) is 0 Å². The van der Waals surface area contributed by atoms with Gasteiger partial charge in [0.1, 0.15) is 13.2 Å². The zero-order valence-corrected chi connectivity index (χ0v) is 8.43. The predicted octanol–water partition coefficient (Wildman–Crippen LogP) is 1.18. The van der Waals surface area contributed by atoms with Gasteiger partial charge in [0.05, 0.1) is 12.1 Å². The van der Waals surface area contributed by atoms with E-state index in [1.807, 2.05) is 13.8 Å². The van der Waals surface area contributed by atoms with Gasteiger partial charge < -0.3 is 9.47 Å². The molecule has 0 fully saturated rings. The SMILES string of the molecule is CC1COC(C=CC2=NC(C)CO2)=N1. The van der Waals surface area contributed by atoms with E-state index < -0.39 is 0 Å². The summed E-state index contributed by atoms with van der Waals surface area (Å²) in [5.41, 5.74) is 0. The Morgan fingerprint density at radius 1 is 1.00 bits per heavy atom. The van der Waals surface area contributed by atoms with Crippen LogP contribution in [0.2, 0.25) is 0 Å². The van der Waals surface area contributed by atoms with Crippen LogP contribution in [0.3, 0.4) is 0 Å². The van der Waals surface area contributed by atoms with Crippen LogP contribution in [0.4, 0.5) is 0 Å². The summed E-state index contributed by atoms with van der Waals surface area (Å²) in [5, 5.41) is 0. The quantitative estimate of drug-likeness (QED) is 0.662. The average molecular weight is 194 g/mol. The van der Waals surface area contributed by atoms with Gasteiger partial charge in [-0.3, -0.25) is 0 Å². The van der Waals surface area contributed by atoms with Gasteiger partial charge in [-0.05, 0) is 13.8 Å². The number of aliphatic imine (C=N–C) groups is 2. The Kier molecular flexibility index (Phi) is 2.52. The lowest BCUT2D eigenvalue weighted by Crippen LogP contribution is -2.00. The average Bonchev–Trinajstić information content (AvgIpc) is 2.72. The second-order valence-corrected chi connectivity index (χ2v) is 3.59. The van der Waals surface area contributed by atoms with E-state index in [0.29, 0.717) is 25.0 Å². The summed E-state index contributed by atoms with van der Waals surface area (Å²) in [6.07, 6.45) is 3.61. The molecule has 0 radical (unpaired) electrons. The standard InChI is InChI=1S/C10H14N2O2/c1-7-5-13-9(11-7)3-4-10-12-8(2)6-14-10/h3-4,7-8H,5-6H2,1-2H3. The molecule has 0 saturated heterocycles. The van der Waals surface area contributed by atoms with Crippen LogP contribution >= 0.6 is 0 Å². The van der Waals surface area contributed by atoms with Gasteiger partial charge in [-0.25, -0.2) is 9.98 Å². The van der Waals surface area contributed by atoms with Crippen LogP contribution in [-0.4, -0.2) is 37.1 Å². The molecule has 0 aromatic carbocycles. The summed E-state index contributed by atoms with van der Waals surface area (Å²) in [5.74, 6) is 1.34. The van der Waals surface area contributed by atoms with Crippen molar-refractivity contribution in [2.45, 2.75) is 25.9 Å². The molecule has 2 aliphatic heterocycles. The fourth-order valence-electron chi connectivity index (χ4n) is 1.32. The van der Waals surface area contributed by atoms with Crippen molar-refractivity contribution in [3.8, 4) is 0 Å². The van der Waals surface area contributed by atoms with Crippen LogP contribution in [0, 0.1) is 0 Å². The number of nitrogens with zero attached hydrogens (tertiary/aromatic N) is 2. The van der Waals surface area contributed by atoms with E-state index in [0.717, 1.165) is 0 Å². The lowest BCUT2D eigenvalue weighted by atomic mass is 10.4. The normalized spacial score (nSPS) is 31.3. The zero-order chi connectivity index (χ0) is 9.97. The van der Waals surface area contributed by atoms with Crippen LogP contribution in [-0.2, 0) is 9.47 Å². The molecule has 2 heterocycles. The molecule has 0 N–H and O–H groups in total. The first kappa shape index (κ1) is 9.24. The topological polar surface area (TPSA) is 43.2 Å². The van der Waals surface area contributed by atoms with Gasteiger partial charge in [-0.15, -0.1) is 0 Å². The van der Waals surface area contributed by atoms with E-state index in [9.17, 15) is 0 Å². The van der Waals surface area contributed by atoms with Gasteiger partial charge in [0.25, 0.3) is 0 Å². The van der Waals surface area contributed by atoms with Crippen molar-refractivity contribution in [2.24, 2.45) is 9.98 Å². The first-order valence-corrected chi connectivity index (χ1v) is 4.83. The van der Waals surface area contributed by atoms with E-state index >= 15 is 0 Å². The lowest BCUT2D eigenvalue weighted by Gasteiger charge is -1.94. The molecule has 0 aromatic heterocycles. The molecule has 0 bridgehead atoms. The Bertz CT molecular complexity index is 277. The van der Waals surface area contributed by atoms with Gasteiger partial charge in [0, 0.05) is 12.2 Å². The maximum atomic E-state index is 5.30. The Labute approximate surface area is 83.3 Å². The first-order chi connectivity index (χ1) is 6.74. The monoisotopic (exact) mass is 194 g/mol. The van der Waals surface area contributed by atoms with Gasteiger partial charge in [-0.2, -0.15) is 0 Å². The summed E-state index contributed by atoms with van der Waals surface area (Å²) in [6.45, 7) is 5.38. The van der Waals surface area contributed by atoms with E-state index in [1.165, 1.54) is 0 Å². The number of hydrogen-bond donors (Lipinski definition) is 0. The molecular weight excluding hydrogens is 180 g/mol. The number of rotatable bonds is 2. The molecule has 2 aliphatic rings. The van der Waals surface area contributed by atoms with E-state index in [4.69, 9.17) is 9.47 Å². The van der Waals surface area contributed by atoms with E-state index in [1.54, 1.807) is 12.2 Å². The third-order valence-corrected chi connectivity index (χ3v) is 2.01. The minimum absolute atomic E-state index is 0.264. The maximum Gasteiger partial charge on any atom is 0.209 e. The molecule has 76 valence electrons. The van der Waals surface area contributed by atoms with Crippen molar-refractivity contribution >= 4 is 11.8 Å². The molecule has 0 aromatic rings. The Hall–Kier alpha value is -1.32. The predicted molar refractivity (Wildman–Crippen MR) is 54.8 cm³/mol. The molecule has 0 aliphatic carbocycles. The highest BCUT2D eigenvalue weighted by Crippen LogP contribution is 2.07. The van der Waals surface area contributed by atoms with Gasteiger partial charge >= 0.3 is 0 Å². The van der Waals surface area contributed by atoms with Gasteiger partial charge in [-0.1, -0.05) is 0 Å². The van der Waals surface area contributed by atoms with Crippen LogP contribution in [0.5, 0.6) is 0 Å². The second-order valence-electron chi connectivity index (χ2n) is 3.59. The van der Waals surface area contributed by atoms with Crippen molar-refractivity contribution in [3.63, 3.8) is 0 Å². The van der Waals surface area contributed by atoms with Crippen LogP contribution in [0.25, 0.3) is 0 Å². The number of ether oxygens (including phenoxy) is 2. The van der Waals surface area contributed by atoms with E-state index in [2.05, 4.69) is 9.98 Å². The van der Waals surface area contributed by atoms with Crippen LogP contribution < -0.4 is 0 Å². The van der Waals surface area contributed by atoms with E-state index in [-0.39, 0.29) is 12.1 Å². The fraction of sp³-hybridized carbons (Fsp3) is 0.600. The molecule has 4 nitrogen and oxygen atoms in total.